The quantitative estimate of drug-likeness (QED) is 0.902. The Kier molecular flexibility index (Phi) is 4.85. The van der Waals surface area contributed by atoms with Crippen LogP contribution in [-0.2, 0) is 11.2 Å². The lowest BCUT2D eigenvalue weighted by Crippen LogP contribution is -2.48. The summed E-state index contributed by atoms with van der Waals surface area (Å²) in [6.07, 6.45) is -1.37. The van der Waals surface area contributed by atoms with Crippen LogP contribution in [0.3, 0.4) is 0 Å². The van der Waals surface area contributed by atoms with Gasteiger partial charge in [0.15, 0.2) is 0 Å². The molecule has 1 aliphatic rings. The van der Waals surface area contributed by atoms with Gasteiger partial charge in [-0.2, -0.15) is 0 Å². The first-order valence-corrected chi connectivity index (χ1v) is 6.56. The summed E-state index contributed by atoms with van der Waals surface area (Å²) in [7, 11) is 0. The van der Waals surface area contributed by atoms with Crippen molar-refractivity contribution in [3.8, 4) is 0 Å². The number of hydrogen-bond acceptors (Lipinski definition) is 3. The predicted octanol–water partition coefficient (Wildman–Crippen LogP) is 1.59. The summed E-state index contributed by atoms with van der Waals surface area (Å²) in [4.78, 5) is 2.15. The minimum absolute atomic E-state index is 0.0687. The Hall–Kier alpha value is -1.04. The second kappa shape index (κ2) is 6.41. The Labute approximate surface area is 111 Å². The topological polar surface area (TPSA) is 32.7 Å². The molecule has 1 heterocycles. The van der Waals surface area contributed by atoms with Crippen molar-refractivity contribution in [2.24, 2.45) is 0 Å². The first kappa shape index (κ1) is 14.4. The Morgan fingerprint density at radius 3 is 2.74 bits per heavy atom. The number of nitrogens with zero attached hydrogens (tertiary/aromatic N) is 1. The maximum absolute atomic E-state index is 13.5. The molecule has 2 rings (SSSR count). The van der Waals surface area contributed by atoms with Gasteiger partial charge in [0.2, 0.25) is 0 Å². The van der Waals surface area contributed by atoms with Gasteiger partial charge in [0, 0.05) is 25.1 Å². The van der Waals surface area contributed by atoms with Gasteiger partial charge in [-0.05, 0) is 18.7 Å². The molecule has 0 bridgehead atoms. The van der Waals surface area contributed by atoms with Crippen molar-refractivity contribution in [2.75, 3.05) is 26.2 Å². The lowest BCUT2D eigenvalue weighted by molar-refractivity contribution is -0.0871. The van der Waals surface area contributed by atoms with Crippen LogP contribution in [0.25, 0.3) is 0 Å². The second-order valence-corrected chi connectivity index (χ2v) is 4.77. The molecule has 0 aliphatic carbocycles. The minimum Gasteiger partial charge on any atom is -0.390 e. The molecule has 1 aromatic rings. The van der Waals surface area contributed by atoms with E-state index in [-0.39, 0.29) is 12.0 Å². The first-order chi connectivity index (χ1) is 9.11. The van der Waals surface area contributed by atoms with Gasteiger partial charge in [0.25, 0.3) is 0 Å². The highest BCUT2D eigenvalue weighted by atomic mass is 19.1. The Balaban J connectivity index is 2.02. The number of benzene rings is 1. The number of rotatable bonds is 4. The van der Waals surface area contributed by atoms with Crippen molar-refractivity contribution >= 4 is 0 Å². The summed E-state index contributed by atoms with van der Waals surface area (Å²) < 4.78 is 32.5. The number of aliphatic hydroxyl groups excluding tert-OH is 1. The van der Waals surface area contributed by atoms with Crippen molar-refractivity contribution in [1.29, 1.82) is 0 Å². The summed E-state index contributed by atoms with van der Waals surface area (Å²) in [6, 6.07) is 3.72. The molecule has 5 heteroatoms. The molecule has 2 unspecified atom stereocenters. The van der Waals surface area contributed by atoms with E-state index >= 15 is 0 Å². The zero-order chi connectivity index (χ0) is 13.8. The molecule has 1 saturated heterocycles. The van der Waals surface area contributed by atoms with E-state index in [1.54, 1.807) is 0 Å². The van der Waals surface area contributed by atoms with Crippen LogP contribution in [0, 0.1) is 11.6 Å². The fraction of sp³-hybridized carbons (Fsp3) is 0.571. The van der Waals surface area contributed by atoms with Crippen LogP contribution < -0.4 is 0 Å². The molecule has 0 radical (unpaired) electrons. The number of hydrogen-bond donors (Lipinski definition) is 1. The zero-order valence-corrected chi connectivity index (χ0v) is 11.0. The molecule has 0 aromatic heterocycles. The fourth-order valence-electron chi connectivity index (χ4n) is 2.32. The molecule has 106 valence electrons. The SMILES string of the molecule is CCN1CCOC(C(O)Cc2c(F)cccc2F)C1. The number of halogens is 2. The Morgan fingerprint density at radius 2 is 2.11 bits per heavy atom. The van der Waals surface area contributed by atoms with E-state index in [0.29, 0.717) is 13.2 Å². The van der Waals surface area contributed by atoms with Crippen LogP contribution in [0.5, 0.6) is 0 Å². The third kappa shape index (κ3) is 3.49. The van der Waals surface area contributed by atoms with Gasteiger partial charge in [0.05, 0.1) is 18.8 Å². The van der Waals surface area contributed by atoms with Gasteiger partial charge in [0.1, 0.15) is 11.6 Å². The number of morpholine rings is 1. The van der Waals surface area contributed by atoms with Gasteiger partial charge < -0.3 is 9.84 Å². The van der Waals surface area contributed by atoms with Crippen LogP contribution in [0.4, 0.5) is 8.78 Å². The summed E-state index contributed by atoms with van der Waals surface area (Å²) in [5.41, 5.74) is -0.0766. The van der Waals surface area contributed by atoms with Gasteiger partial charge in [-0.15, -0.1) is 0 Å². The summed E-state index contributed by atoms with van der Waals surface area (Å²) in [5.74, 6) is -1.25. The summed E-state index contributed by atoms with van der Waals surface area (Å²) in [5, 5.41) is 10.1. The number of aliphatic hydroxyl groups is 1. The fourth-order valence-corrected chi connectivity index (χ4v) is 2.32. The first-order valence-electron chi connectivity index (χ1n) is 6.56. The van der Waals surface area contributed by atoms with Crippen LogP contribution in [0.2, 0.25) is 0 Å². The molecule has 1 fully saturated rings. The van der Waals surface area contributed by atoms with Crippen molar-refractivity contribution < 1.29 is 18.6 Å². The van der Waals surface area contributed by atoms with E-state index in [4.69, 9.17) is 4.74 Å². The monoisotopic (exact) mass is 271 g/mol. The predicted molar refractivity (Wildman–Crippen MR) is 67.9 cm³/mol. The van der Waals surface area contributed by atoms with E-state index in [1.807, 2.05) is 6.92 Å². The molecule has 2 atom stereocenters. The Morgan fingerprint density at radius 1 is 1.42 bits per heavy atom. The van der Waals surface area contributed by atoms with E-state index in [0.717, 1.165) is 13.1 Å². The van der Waals surface area contributed by atoms with Gasteiger partial charge in [-0.25, -0.2) is 8.78 Å². The highest BCUT2D eigenvalue weighted by Gasteiger charge is 2.27. The second-order valence-electron chi connectivity index (χ2n) is 4.77. The number of ether oxygens (including phenoxy) is 1. The van der Waals surface area contributed by atoms with Gasteiger partial charge >= 0.3 is 0 Å². The normalized spacial score (nSPS) is 22.4. The average molecular weight is 271 g/mol. The van der Waals surface area contributed by atoms with Crippen molar-refractivity contribution in [3.63, 3.8) is 0 Å². The van der Waals surface area contributed by atoms with Crippen molar-refractivity contribution in [3.05, 3.63) is 35.4 Å². The standard InChI is InChI=1S/C14H19F2NO2/c1-2-17-6-7-19-14(9-17)13(18)8-10-11(15)4-3-5-12(10)16/h3-5,13-14,18H,2,6-9H2,1H3. The zero-order valence-electron chi connectivity index (χ0n) is 11.0. The third-order valence-electron chi connectivity index (χ3n) is 3.53. The molecule has 1 aliphatic heterocycles. The highest BCUT2D eigenvalue weighted by Crippen LogP contribution is 2.18. The van der Waals surface area contributed by atoms with Crippen LogP contribution in [-0.4, -0.2) is 48.5 Å². The maximum atomic E-state index is 13.5. The average Bonchev–Trinajstić information content (AvgIpc) is 2.43. The number of likely N-dealkylation sites (N-methyl/N-ethyl adjacent to an activating group) is 1. The minimum atomic E-state index is -0.902. The van der Waals surface area contributed by atoms with E-state index < -0.39 is 23.8 Å². The molecule has 0 spiro atoms. The van der Waals surface area contributed by atoms with E-state index in [2.05, 4.69) is 4.90 Å². The lowest BCUT2D eigenvalue weighted by atomic mass is 10.0. The van der Waals surface area contributed by atoms with Gasteiger partial charge in [-0.1, -0.05) is 13.0 Å². The molecular formula is C14H19F2NO2. The van der Waals surface area contributed by atoms with Crippen LogP contribution in [0.1, 0.15) is 12.5 Å². The van der Waals surface area contributed by atoms with Crippen molar-refractivity contribution in [2.45, 2.75) is 25.6 Å². The molecule has 3 nitrogen and oxygen atoms in total. The highest BCUT2D eigenvalue weighted by molar-refractivity contribution is 5.20. The smallest absolute Gasteiger partial charge is 0.129 e. The summed E-state index contributed by atoms with van der Waals surface area (Å²) >= 11 is 0. The molecular weight excluding hydrogens is 252 g/mol. The summed E-state index contributed by atoms with van der Waals surface area (Å²) in [6.45, 7) is 4.86. The van der Waals surface area contributed by atoms with E-state index in [9.17, 15) is 13.9 Å². The third-order valence-corrected chi connectivity index (χ3v) is 3.53. The van der Waals surface area contributed by atoms with Crippen LogP contribution >= 0.6 is 0 Å². The van der Waals surface area contributed by atoms with Gasteiger partial charge in [-0.3, -0.25) is 4.90 Å². The van der Waals surface area contributed by atoms with Crippen LogP contribution in [0.15, 0.2) is 18.2 Å². The lowest BCUT2D eigenvalue weighted by Gasteiger charge is -2.34. The maximum Gasteiger partial charge on any atom is 0.129 e. The van der Waals surface area contributed by atoms with Crippen molar-refractivity contribution in [1.82, 2.24) is 4.90 Å². The molecule has 0 amide bonds. The molecule has 0 saturated carbocycles. The molecule has 19 heavy (non-hydrogen) atoms. The molecule has 1 N–H and O–H groups in total. The Bertz CT molecular complexity index is 408. The molecule has 1 aromatic carbocycles. The van der Waals surface area contributed by atoms with E-state index in [1.165, 1.54) is 18.2 Å². The largest absolute Gasteiger partial charge is 0.390 e.